The summed E-state index contributed by atoms with van der Waals surface area (Å²) in [5.41, 5.74) is 2.34. The quantitative estimate of drug-likeness (QED) is 0.397. The predicted molar refractivity (Wildman–Crippen MR) is 138 cm³/mol. The highest BCUT2D eigenvalue weighted by molar-refractivity contribution is 7.89. The molecule has 3 rings (SSSR count). The van der Waals surface area contributed by atoms with Crippen molar-refractivity contribution in [3.8, 4) is 5.75 Å². The number of hydrogen-bond donors (Lipinski definition) is 2. The van der Waals surface area contributed by atoms with E-state index in [0.717, 1.165) is 11.1 Å². The summed E-state index contributed by atoms with van der Waals surface area (Å²) in [6.45, 7) is 3.92. The molecule has 3 aromatic rings. The van der Waals surface area contributed by atoms with Crippen LogP contribution in [0.15, 0.2) is 77.7 Å². The van der Waals surface area contributed by atoms with E-state index in [9.17, 15) is 18.0 Å². The maximum Gasteiger partial charge on any atom is 0.337 e. The molecule has 1 amide bonds. The average Bonchev–Trinajstić information content (AvgIpc) is 2.88. The van der Waals surface area contributed by atoms with Crippen LogP contribution in [0.3, 0.4) is 0 Å². The molecule has 2 N–H and O–H groups in total. The van der Waals surface area contributed by atoms with E-state index in [1.165, 1.54) is 26.4 Å². The molecule has 0 aliphatic carbocycles. The number of ether oxygens (including phenoxy) is 2. The molecule has 3 aromatic carbocycles. The lowest BCUT2D eigenvalue weighted by atomic mass is 10.0. The highest BCUT2D eigenvalue weighted by atomic mass is 32.2. The summed E-state index contributed by atoms with van der Waals surface area (Å²) in [4.78, 5) is 24.9. The first-order valence-corrected chi connectivity index (χ1v) is 12.9. The van der Waals surface area contributed by atoms with Crippen molar-refractivity contribution in [3.63, 3.8) is 0 Å². The predicted octanol–water partition coefficient (Wildman–Crippen LogP) is 4.13. The molecule has 0 aliphatic heterocycles. The highest BCUT2D eigenvalue weighted by Crippen LogP contribution is 2.28. The van der Waals surface area contributed by atoms with Crippen LogP contribution in [0.2, 0.25) is 0 Å². The molecule has 0 saturated carbocycles. The Bertz CT molecular complexity index is 1310. The second-order valence-electron chi connectivity index (χ2n) is 8.49. The SMILES string of the molecule is COC(=O)c1ccc(NC(=O)C(Cc2ccccc2)NS(=O)(=O)c2cc(C(C)C)ccc2OC)cc1. The van der Waals surface area contributed by atoms with Crippen molar-refractivity contribution in [2.24, 2.45) is 0 Å². The molecular weight excluding hydrogens is 480 g/mol. The Labute approximate surface area is 211 Å². The highest BCUT2D eigenvalue weighted by Gasteiger charge is 2.29. The lowest BCUT2D eigenvalue weighted by Crippen LogP contribution is -2.45. The smallest absolute Gasteiger partial charge is 0.337 e. The van der Waals surface area contributed by atoms with Gasteiger partial charge in [0.25, 0.3) is 0 Å². The van der Waals surface area contributed by atoms with E-state index < -0.39 is 27.9 Å². The summed E-state index contributed by atoms with van der Waals surface area (Å²) in [6.07, 6.45) is 0.123. The number of benzene rings is 3. The van der Waals surface area contributed by atoms with E-state index in [-0.39, 0.29) is 23.0 Å². The van der Waals surface area contributed by atoms with Crippen LogP contribution in [0.5, 0.6) is 5.75 Å². The number of rotatable bonds is 10. The number of sulfonamides is 1. The van der Waals surface area contributed by atoms with Gasteiger partial charge in [-0.2, -0.15) is 4.72 Å². The number of hydrogen-bond acceptors (Lipinski definition) is 6. The molecule has 0 saturated heterocycles. The number of carbonyl (C=O) groups is 2. The van der Waals surface area contributed by atoms with Crippen LogP contribution in [0.25, 0.3) is 0 Å². The van der Waals surface area contributed by atoms with Crippen molar-refractivity contribution in [1.29, 1.82) is 0 Å². The summed E-state index contributed by atoms with van der Waals surface area (Å²) in [6, 6.07) is 19.1. The summed E-state index contributed by atoms with van der Waals surface area (Å²) in [7, 11) is -1.45. The number of nitrogens with one attached hydrogen (secondary N) is 2. The van der Waals surface area contributed by atoms with Crippen molar-refractivity contribution in [3.05, 3.63) is 89.5 Å². The van der Waals surface area contributed by atoms with Gasteiger partial charge in [-0.25, -0.2) is 13.2 Å². The summed E-state index contributed by atoms with van der Waals surface area (Å²) in [5, 5.41) is 2.73. The van der Waals surface area contributed by atoms with Crippen LogP contribution in [-0.4, -0.2) is 40.6 Å². The molecule has 0 heterocycles. The van der Waals surface area contributed by atoms with Crippen molar-refractivity contribution >= 4 is 27.6 Å². The molecule has 0 fully saturated rings. The monoisotopic (exact) mass is 510 g/mol. The molecule has 1 unspecified atom stereocenters. The van der Waals surface area contributed by atoms with Gasteiger partial charge >= 0.3 is 5.97 Å². The van der Waals surface area contributed by atoms with E-state index in [1.54, 1.807) is 24.3 Å². The van der Waals surface area contributed by atoms with Gasteiger partial charge in [-0.05, 0) is 59.9 Å². The topological polar surface area (TPSA) is 111 Å². The van der Waals surface area contributed by atoms with Gasteiger partial charge in [-0.15, -0.1) is 0 Å². The van der Waals surface area contributed by atoms with E-state index in [1.807, 2.05) is 50.2 Å². The van der Waals surface area contributed by atoms with E-state index in [2.05, 4.69) is 14.8 Å². The van der Waals surface area contributed by atoms with Gasteiger partial charge in [0.15, 0.2) is 0 Å². The van der Waals surface area contributed by atoms with Gasteiger partial charge in [-0.1, -0.05) is 50.2 Å². The first kappa shape index (κ1) is 26.9. The Morgan fingerprint density at radius 1 is 0.917 bits per heavy atom. The molecule has 9 heteroatoms. The minimum atomic E-state index is -4.13. The Hall–Kier alpha value is -3.69. The first-order valence-electron chi connectivity index (χ1n) is 11.4. The fourth-order valence-corrected chi connectivity index (χ4v) is 4.99. The maximum absolute atomic E-state index is 13.5. The average molecular weight is 511 g/mol. The van der Waals surface area contributed by atoms with Crippen molar-refractivity contribution in [1.82, 2.24) is 4.72 Å². The molecule has 190 valence electrons. The molecule has 8 nitrogen and oxygen atoms in total. The zero-order chi connectivity index (χ0) is 26.3. The van der Waals surface area contributed by atoms with Gasteiger partial charge in [0.2, 0.25) is 15.9 Å². The minimum Gasteiger partial charge on any atom is -0.495 e. The van der Waals surface area contributed by atoms with Crippen LogP contribution in [-0.2, 0) is 26.0 Å². The van der Waals surface area contributed by atoms with Gasteiger partial charge in [0, 0.05) is 5.69 Å². The molecule has 1 atom stereocenters. The summed E-state index contributed by atoms with van der Waals surface area (Å²) >= 11 is 0. The van der Waals surface area contributed by atoms with Gasteiger partial charge in [0.1, 0.15) is 16.7 Å². The fourth-order valence-electron chi connectivity index (χ4n) is 3.59. The van der Waals surface area contributed by atoms with E-state index in [0.29, 0.717) is 11.3 Å². The number of esters is 1. The number of carbonyl (C=O) groups excluding carboxylic acids is 2. The number of amides is 1. The number of anilines is 1. The van der Waals surface area contributed by atoms with Gasteiger partial charge in [0.05, 0.1) is 19.8 Å². The molecule has 0 bridgehead atoms. The second-order valence-corrected chi connectivity index (χ2v) is 10.2. The third kappa shape index (κ3) is 6.71. The molecular formula is C27H30N2O6S. The lowest BCUT2D eigenvalue weighted by molar-refractivity contribution is -0.117. The molecule has 36 heavy (non-hydrogen) atoms. The largest absolute Gasteiger partial charge is 0.495 e. The van der Waals surface area contributed by atoms with Crippen LogP contribution < -0.4 is 14.8 Å². The minimum absolute atomic E-state index is 0.0375. The Morgan fingerprint density at radius 3 is 2.17 bits per heavy atom. The normalized spacial score (nSPS) is 12.1. The van der Waals surface area contributed by atoms with Gasteiger partial charge < -0.3 is 14.8 Å². The van der Waals surface area contributed by atoms with Crippen molar-refractivity contribution in [2.75, 3.05) is 19.5 Å². The third-order valence-electron chi connectivity index (χ3n) is 5.61. The molecule has 0 aliphatic rings. The van der Waals surface area contributed by atoms with Crippen LogP contribution in [0.1, 0.15) is 41.3 Å². The lowest BCUT2D eigenvalue weighted by Gasteiger charge is -2.20. The molecule has 0 aromatic heterocycles. The second kappa shape index (κ2) is 11.8. The molecule has 0 radical (unpaired) electrons. The summed E-state index contributed by atoms with van der Waals surface area (Å²) in [5.74, 6) is -0.766. The van der Waals surface area contributed by atoms with Crippen molar-refractivity contribution < 1.29 is 27.5 Å². The Kier molecular flexibility index (Phi) is 8.84. The Balaban J connectivity index is 1.91. The van der Waals surface area contributed by atoms with Crippen LogP contribution in [0, 0.1) is 0 Å². The zero-order valence-electron chi connectivity index (χ0n) is 20.6. The van der Waals surface area contributed by atoms with Crippen molar-refractivity contribution in [2.45, 2.75) is 37.1 Å². The molecule has 0 spiro atoms. The van der Waals surface area contributed by atoms with Crippen LogP contribution >= 0.6 is 0 Å². The summed E-state index contributed by atoms with van der Waals surface area (Å²) < 4.78 is 39.5. The maximum atomic E-state index is 13.5. The van der Waals surface area contributed by atoms with Crippen LogP contribution in [0.4, 0.5) is 5.69 Å². The van der Waals surface area contributed by atoms with Gasteiger partial charge in [-0.3, -0.25) is 4.79 Å². The number of methoxy groups -OCH3 is 2. The standard InChI is InChI=1S/C27H30N2O6S/c1-18(2)21-12-15-24(34-3)25(17-21)36(32,33)29-23(16-19-8-6-5-7-9-19)26(30)28-22-13-10-20(11-14-22)27(31)35-4/h5-15,17-18,23,29H,16H2,1-4H3,(H,28,30). The zero-order valence-corrected chi connectivity index (χ0v) is 21.5. The first-order chi connectivity index (χ1) is 17.1. The fraction of sp³-hybridized carbons (Fsp3) is 0.259. The Morgan fingerprint density at radius 2 is 1.58 bits per heavy atom. The third-order valence-corrected chi connectivity index (χ3v) is 7.11. The van der Waals surface area contributed by atoms with E-state index >= 15 is 0 Å². The van der Waals surface area contributed by atoms with E-state index in [4.69, 9.17) is 4.74 Å².